The van der Waals surface area contributed by atoms with Crippen molar-refractivity contribution in [1.82, 2.24) is 5.32 Å². The Hall–Kier alpha value is -0.370. The van der Waals surface area contributed by atoms with E-state index in [4.69, 9.17) is 0 Å². The zero-order valence-electron chi connectivity index (χ0n) is 7.61. The van der Waals surface area contributed by atoms with Gasteiger partial charge in [0.05, 0.1) is 6.54 Å². The molecule has 1 aliphatic rings. The molecule has 0 bridgehead atoms. The lowest BCUT2D eigenvalue weighted by atomic mass is 9.91. The maximum atomic E-state index is 11.3. The van der Waals surface area contributed by atoms with Gasteiger partial charge < -0.3 is 5.32 Å². The summed E-state index contributed by atoms with van der Waals surface area (Å²) in [4.78, 5) is 11.3. The van der Waals surface area contributed by atoms with Gasteiger partial charge >= 0.3 is 0 Å². The van der Waals surface area contributed by atoms with Crippen LogP contribution in [0.1, 0.15) is 33.6 Å². The van der Waals surface area contributed by atoms with Crippen LogP contribution >= 0.6 is 0 Å². The lowest BCUT2D eigenvalue weighted by Gasteiger charge is -2.16. The molecule has 11 heavy (non-hydrogen) atoms. The first-order valence-electron chi connectivity index (χ1n) is 4.27. The normalized spacial score (nSPS) is 18.5. The molecular formula is C9H17NO. The Bertz CT molecular complexity index is 153. The molecular weight excluding hydrogens is 138 g/mol. The standard InChI is InChI=1S/C9H17NO/c1-9(2,3)8(11)6-10-7-4-5-7/h7,10H,4-6H2,1-3H3. The number of rotatable bonds is 3. The van der Waals surface area contributed by atoms with Crippen LogP contribution in [0, 0.1) is 5.41 Å². The predicted octanol–water partition coefficient (Wildman–Crippen LogP) is 1.35. The van der Waals surface area contributed by atoms with Crippen molar-refractivity contribution in [3.8, 4) is 0 Å². The summed E-state index contributed by atoms with van der Waals surface area (Å²) in [6.07, 6.45) is 2.49. The van der Waals surface area contributed by atoms with Crippen LogP contribution in [0.2, 0.25) is 0 Å². The Balaban J connectivity index is 2.19. The zero-order valence-corrected chi connectivity index (χ0v) is 7.61. The number of Topliss-reactive ketones (excluding diaryl/α,β-unsaturated/α-hetero) is 1. The fourth-order valence-electron chi connectivity index (χ4n) is 0.790. The summed E-state index contributed by atoms with van der Waals surface area (Å²) < 4.78 is 0. The molecule has 0 atom stereocenters. The lowest BCUT2D eigenvalue weighted by Crippen LogP contribution is -2.32. The maximum Gasteiger partial charge on any atom is 0.151 e. The molecule has 0 aliphatic heterocycles. The molecule has 0 spiro atoms. The van der Waals surface area contributed by atoms with Crippen LogP contribution in [-0.2, 0) is 4.79 Å². The van der Waals surface area contributed by atoms with Crippen molar-refractivity contribution in [3.63, 3.8) is 0 Å². The molecule has 1 aliphatic carbocycles. The van der Waals surface area contributed by atoms with Crippen molar-refractivity contribution in [1.29, 1.82) is 0 Å². The van der Waals surface area contributed by atoms with E-state index in [1.165, 1.54) is 12.8 Å². The van der Waals surface area contributed by atoms with Gasteiger partial charge in [-0.05, 0) is 12.8 Å². The topological polar surface area (TPSA) is 29.1 Å². The van der Waals surface area contributed by atoms with E-state index in [0.717, 1.165) is 0 Å². The zero-order chi connectivity index (χ0) is 8.48. The quantitative estimate of drug-likeness (QED) is 0.666. The molecule has 0 heterocycles. The Labute approximate surface area is 68.4 Å². The van der Waals surface area contributed by atoms with Gasteiger partial charge in [-0.15, -0.1) is 0 Å². The second-order valence-electron chi connectivity index (χ2n) is 4.33. The van der Waals surface area contributed by atoms with Gasteiger partial charge in [0, 0.05) is 11.5 Å². The Morgan fingerprint density at radius 2 is 2.00 bits per heavy atom. The van der Waals surface area contributed by atoms with E-state index in [2.05, 4.69) is 5.32 Å². The summed E-state index contributed by atoms with van der Waals surface area (Å²) in [5, 5.41) is 3.21. The number of ketones is 1. The monoisotopic (exact) mass is 155 g/mol. The summed E-state index contributed by atoms with van der Waals surface area (Å²) in [5.41, 5.74) is -0.179. The minimum Gasteiger partial charge on any atom is -0.307 e. The highest BCUT2D eigenvalue weighted by atomic mass is 16.1. The van der Waals surface area contributed by atoms with E-state index in [1.807, 2.05) is 20.8 Å². The largest absolute Gasteiger partial charge is 0.307 e. The average molecular weight is 155 g/mol. The number of hydrogen-bond acceptors (Lipinski definition) is 2. The molecule has 2 heteroatoms. The smallest absolute Gasteiger partial charge is 0.151 e. The molecule has 0 saturated heterocycles. The Morgan fingerprint density at radius 3 is 2.36 bits per heavy atom. The van der Waals surface area contributed by atoms with Gasteiger partial charge in [0.15, 0.2) is 5.78 Å². The Kier molecular flexibility index (Phi) is 2.33. The van der Waals surface area contributed by atoms with Crippen molar-refractivity contribution in [3.05, 3.63) is 0 Å². The van der Waals surface area contributed by atoms with E-state index in [1.54, 1.807) is 0 Å². The number of carbonyl (C=O) groups excluding carboxylic acids is 1. The molecule has 0 amide bonds. The van der Waals surface area contributed by atoms with Gasteiger partial charge in [0.1, 0.15) is 0 Å². The van der Waals surface area contributed by atoms with Gasteiger partial charge in [-0.25, -0.2) is 0 Å². The van der Waals surface area contributed by atoms with Gasteiger partial charge in [-0.3, -0.25) is 4.79 Å². The van der Waals surface area contributed by atoms with E-state index >= 15 is 0 Å². The molecule has 0 aromatic carbocycles. The first-order valence-corrected chi connectivity index (χ1v) is 4.27. The molecule has 1 fully saturated rings. The van der Waals surface area contributed by atoms with E-state index in [9.17, 15) is 4.79 Å². The second-order valence-corrected chi connectivity index (χ2v) is 4.33. The van der Waals surface area contributed by atoms with Crippen LogP contribution in [0.15, 0.2) is 0 Å². The fraction of sp³-hybridized carbons (Fsp3) is 0.889. The van der Waals surface area contributed by atoms with Crippen molar-refractivity contribution in [2.45, 2.75) is 39.7 Å². The highest BCUT2D eigenvalue weighted by Gasteiger charge is 2.25. The molecule has 1 N–H and O–H groups in total. The summed E-state index contributed by atoms with van der Waals surface area (Å²) in [6, 6.07) is 0.640. The summed E-state index contributed by atoms with van der Waals surface area (Å²) >= 11 is 0. The van der Waals surface area contributed by atoms with Crippen molar-refractivity contribution in [2.75, 3.05) is 6.54 Å². The average Bonchev–Trinajstić information content (AvgIpc) is 2.62. The number of hydrogen-bond donors (Lipinski definition) is 1. The third kappa shape index (κ3) is 3.02. The van der Waals surface area contributed by atoms with Crippen LogP contribution in [0.4, 0.5) is 0 Å². The van der Waals surface area contributed by atoms with Crippen molar-refractivity contribution >= 4 is 5.78 Å². The molecule has 0 radical (unpaired) electrons. The third-order valence-corrected chi connectivity index (χ3v) is 1.97. The number of nitrogens with one attached hydrogen (secondary N) is 1. The summed E-state index contributed by atoms with van der Waals surface area (Å²) in [5.74, 6) is 0.310. The summed E-state index contributed by atoms with van der Waals surface area (Å²) in [6.45, 7) is 6.44. The molecule has 1 saturated carbocycles. The SMILES string of the molecule is CC(C)(C)C(=O)CNC1CC1. The van der Waals surface area contributed by atoms with Crippen LogP contribution < -0.4 is 5.32 Å². The minimum atomic E-state index is -0.179. The second kappa shape index (κ2) is 2.94. The highest BCUT2D eigenvalue weighted by molar-refractivity contribution is 5.85. The van der Waals surface area contributed by atoms with Gasteiger partial charge in [-0.2, -0.15) is 0 Å². The molecule has 64 valence electrons. The molecule has 2 nitrogen and oxygen atoms in total. The van der Waals surface area contributed by atoms with Crippen LogP contribution in [0.25, 0.3) is 0 Å². The predicted molar refractivity (Wildman–Crippen MR) is 45.5 cm³/mol. The van der Waals surface area contributed by atoms with Crippen LogP contribution in [-0.4, -0.2) is 18.4 Å². The molecule has 0 unspecified atom stereocenters. The maximum absolute atomic E-state index is 11.3. The first-order chi connectivity index (χ1) is 5.00. The Morgan fingerprint density at radius 1 is 1.45 bits per heavy atom. The van der Waals surface area contributed by atoms with Gasteiger partial charge in [-0.1, -0.05) is 20.8 Å². The van der Waals surface area contributed by atoms with E-state index in [-0.39, 0.29) is 5.41 Å². The third-order valence-electron chi connectivity index (χ3n) is 1.97. The van der Waals surface area contributed by atoms with Crippen LogP contribution in [0.3, 0.4) is 0 Å². The summed E-state index contributed by atoms with van der Waals surface area (Å²) in [7, 11) is 0. The van der Waals surface area contributed by atoms with E-state index in [0.29, 0.717) is 18.4 Å². The molecule has 1 rings (SSSR count). The lowest BCUT2D eigenvalue weighted by molar-refractivity contribution is -0.125. The molecule has 0 aromatic heterocycles. The minimum absolute atomic E-state index is 0.179. The van der Waals surface area contributed by atoms with E-state index < -0.39 is 0 Å². The number of carbonyl (C=O) groups is 1. The van der Waals surface area contributed by atoms with Gasteiger partial charge in [0.2, 0.25) is 0 Å². The highest BCUT2D eigenvalue weighted by Crippen LogP contribution is 2.19. The first kappa shape index (κ1) is 8.72. The van der Waals surface area contributed by atoms with Crippen molar-refractivity contribution < 1.29 is 4.79 Å². The molecule has 0 aromatic rings. The van der Waals surface area contributed by atoms with Gasteiger partial charge in [0.25, 0.3) is 0 Å². The van der Waals surface area contributed by atoms with Crippen molar-refractivity contribution in [2.24, 2.45) is 5.41 Å². The fourth-order valence-corrected chi connectivity index (χ4v) is 0.790. The van der Waals surface area contributed by atoms with Crippen LogP contribution in [0.5, 0.6) is 0 Å².